The number of carbonyl (C=O) groups is 1. The second-order valence-electron chi connectivity index (χ2n) is 6.25. The number of nitrogens with zero attached hydrogens (tertiary/aromatic N) is 2. The Kier molecular flexibility index (Phi) is 3.56. The summed E-state index contributed by atoms with van der Waals surface area (Å²) < 4.78 is 5.75. The van der Waals surface area contributed by atoms with Gasteiger partial charge in [-0.25, -0.2) is 4.98 Å². The van der Waals surface area contributed by atoms with Crippen molar-refractivity contribution in [2.45, 2.75) is 26.2 Å². The van der Waals surface area contributed by atoms with Gasteiger partial charge in [0, 0.05) is 13.1 Å². The second kappa shape index (κ2) is 5.74. The summed E-state index contributed by atoms with van der Waals surface area (Å²) in [6.07, 6.45) is 3.21. The standard InChI is InChI=1S/C19H18N2O3/c1-12-14(19(23)21-9-5-2-6-10-21)11-15-17(22)13-7-3-4-8-16(13)24-18(15)20-12/h3-4,7-8,11H,2,5-6,9-10H2,1H3. The summed E-state index contributed by atoms with van der Waals surface area (Å²) in [6.45, 7) is 3.32. The van der Waals surface area contributed by atoms with Crippen LogP contribution in [0.4, 0.5) is 0 Å². The van der Waals surface area contributed by atoms with Gasteiger partial charge in [0.25, 0.3) is 5.91 Å². The van der Waals surface area contributed by atoms with E-state index >= 15 is 0 Å². The molecule has 1 fully saturated rings. The molecule has 3 heterocycles. The second-order valence-corrected chi connectivity index (χ2v) is 6.25. The predicted molar refractivity (Wildman–Crippen MR) is 92.3 cm³/mol. The van der Waals surface area contributed by atoms with E-state index in [9.17, 15) is 9.59 Å². The van der Waals surface area contributed by atoms with Crippen LogP contribution in [0.15, 0.2) is 39.5 Å². The van der Waals surface area contributed by atoms with Crippen LogP contribution in [0.3, 0.4) is 0 Å². The highest BCUT2D eigenvalue weighted by Gasteiger charge is 2.22. The number of aromatic nitrogens is 1. The van der Waals surface area contributed by atoms with Crippen LogP contribution in [0, 0.1) is 6.92 Å². The van der Waals surface area contributed by atoms with E-state index in [1.807, 2.05) is 11.0 Å². The third-order valence-corrected chi connectivity index (χ3v) is 4.63. The minimum Gasteiger partial charge on any atom is -0.437 e. The fraction of sp³-hybridized carbons (Fsp3) is 0.316. The van der Waals surface area contributed by atoms with E-state index in [2.05, 4.69) is 4.98 Å². The Labute approximate surface area is 138 Å². The van der Waals surface area contributed by atoms with Gasteiger partial charge in [0.15, 0.2) is 0 Å². The molecule has 24 heavy (non-hydrogen) atoms. The molecule has 1 aliphatic rings. The molecule has 2 aromatic heterocycles. The molecule has 5 nitrogen and oxygen atoms in total. The first-order valence-electron chi connectivity index (χ1n) is 8.27. The average molecular weight is 322 g/mol. The van der Waals surface area contributed by atoms with Gasteiger partial charge in [-0.1, -0.05) is 12.1 Å². The summed E-state index contributed by atoms with van der Waals surface area (Å²) >= 11 is 0. The maximum absolute atomic E-state index is 12.8. The Balaban J connectivity index is 1.89. The van der Waals surface area contributed by atoms with Gasteiger partial charge in [0.2, 0.25) is 11.1 Å². The van der Waals surface area contributed by atoms with Crippen molar-refractivity contribution in [2.75, 3.05) is 13.1 Å². The molecule has 1 aliphatic heterocycles. The smallest absolute Gasteiger partial charge is 0.255 e. The van der Waals surface area contributed by atoms with E-state index in [1.165, 1.54) is 0 Å². The Morgan fingerprint density at radius 2 is 1.88 bits per heavy atom. The van der Waals surface area contributed by atoms with Crippen LogP contribution in [0.5, 0.6) is 0 Å². The van der Waals surface area contributed by atoms with Crippen molar-refractivity contribution in [3.05, 3.63) is 51.8 Å². The molecule has 3 aromatic rings. The monoisotopic (exact) mass is 322 g/mol. The zero-order valence-electron chi connectivity index (χ0n) is 13.5. The molecular formula is C19H18N2O3. The molecule has 1 amide bonds. The summed E-state index contributed by atoms with van der Waals surface area (Å²) in [6, 6.07) is 8.74. The lowest BCUT2D eigenvalue weighted by Gasteiger charge is -2.27. The highest BCUT2D eigenvalue weighted by molar-refractivity contribution is 5.99. The molecule has 0 saturated carbocycles. The number of benzene rings is 1. The van der Waals surface area contributed by atoms with E-state index in [0.29, 0.717) is 27.6 Å². The van der Waals surface area contributed by atoms with Gasteiger partial charge in [0.1, 0.15) is 5.58 Å². The molecule has 4 rings (SSSR count). The molecule has 0 spiro atoms. The van der Waals surface area contributed by atoms with Gasteiger partial charge >= 0.3 is 0 Å². The van der Waals surface area contributed by atoms with Crippen LogP contribution in [0.25, 0.3) is 22.1 Å². The molecule has 0 bridgehead atoms. The molecule has 0 radical (unpaired) electrons. The highest BCUT2D eigenvalue weighted by atomic mass is 16.3. The van der Waals surface area contributed by atoms with Gasteiger partial charge in [0.05, 0.1) is 22.0 Å². The van der Waals surface area contributed by atoms with E-state index < -0.39 is 0 Å². The summed E-state index contributed by atoms with van der Waals surface area (Å²) in [7, 11) is 0. The molecule has 0 aliphatic carbocycles. The van der Waals surface area contributed by atoms with Crippen molar-refractivity contribution in [1.82, 2.24) is 9.88 Å². The minimum absolute atomic E-state index is 0.0471. The lowest BCUT2D eigenvalue weighted by Crippen LogP contribution is -2.36. The molecular weight excluding hydrogens is 304 g/mol. The van der Waals surface area contributed by atoms with Crippen molar-refractivity contribution in [3.63, 3.8) is 0 Å². The average Bonchev–Trinajstić information content (AvgIpc) is 2.62. The van der Waals surface area contributed by atoms with Crippen LogP contribution < -0.4 is 5.43 Å². The largest absolute Gasteiger partial charge is 0.437 e. The third kappa shape index (κ3) is 2.37. The summed E-state index contributed by atoms with van der Waals surface area (Å²) in [5.41, 5.74) is 1.74. The first kappa shape index (κ1) is 14.9. The predicted octanol–water partition coefficient (Wildman–Crippen LogP) is 3.28. The van der Waals surface area contributed by atoms with Crippen LogP contribution in [0.1, 0.15) is 35.3 Å². The third-order valence-electron chi connectivity index (χ3n) is 4.63. The number of aryl methyl sites for hydroxylation is 1. The number of rotatable bonds is 1. The Morgan fingerprint density at radius 3 is 2.67 bits per heavy atom. The van der Waals surface area contributed by atoms with Crippen molar-refractivity contribution in [2.24, 2.45) is 0 Å². The SMILES string of the molecule is Cc1nc2oc3ccccc3c(=O)c2cc1C(=O)N1CCCCC1. The van der Waals surface area contributed by atoms with Crippen molar-refractivity contribution in [3.8, 4) is 0 Å². The molecule has 122 valence electrons. The number of fused-ring (bicyclic) bond motifs is 2. The maximum Gasteiger partial charge on any atom is 0.255 e. The Bertz CT molecular complexity index is 1000. The molecule has 0 unspecified atom stereocenters. The molecule has 1 saturated heterocycles. The quantitative estimate of drug-likeness (QED) is 0.645. The van der Waals surface area contributed by atoms with Gasteiger partial charge in [-0.05, 0) is 44.4 Å². The highest BCUT2D eigenvalue weighted by Crippen LogP contribution is 2.21. The van der Waals surface area contributed by atoms with Crippen LogP contribution in [-0.4, -0.2) is 28.9 Å². The molecule has 0 atom stereocenters. The molecule has 0 N–H and O–H groups in total. The van der Waals surface area contributed by atoms with E-state index in [4.69, 9.17) is 4.42 Å². The van der Waals surface area contributed by atoms with Crippen LogP contribution in [0.2, 0.25) is 0 Å². The van der Waals surface area contributed by atoms with Crippen LogP contribution in [-0.2, 0) is 0 Å². The van der Waals surface area contributed by atoms with Crippen molar-refractivity contribution < 1.29 is 9.21 Å². The number of carbonyl (C=O) groups excluding carboxylic acids is 1. The first-order chi connectivity index (χ1) is 11.6. The van der Waals surface area contributed by atoms with Gasteiger partial charge in [-0.2, -0.15) is 0 Å². The van der Waals surface area contributed by atoms with Gasteiger partial charge in [-0.3, -0.25) is 9.59 Å². The van der Waals surface area contributed by atoms with Gasteiger partial charge in [-0.15, -0.1) is 0 Å². The van der Waals surface area contributed by atoms with Crippen LogP contribution >= 0.6 is 0 Å². The van der Waals surface area contributed by atoms with Crippen molar-refractivity contribution in [1.29, 1.82) is 0 Å². The number of hydrogen-bond donors (Lipinski definition) is 0. The lowest BCUT2D eigenvalue weighted by molar-refractivity contribution is 0.0723. The fourth-order valence-corrected chi connectivity index (χ4v) is 3.30. The Morgan fingerprint density at radius 1 is 1.12 bits per heavy atom. The number of pyridine rings is 1. The lowest BCUT2D eigenvalue weighted by atomic mass is 10.1. The number of likely N-dealkylation sites (tertiary alicyclic amines) is 1. The zero-order chi connectivity index (χ0) is 16.7. The molecule has 5 heteroatoms. The Hall–Kier alpha value is -2.69. The number of amides is 1. The minimum atomic E-state index is -0.146. The number of hydrogen-bond acceptors (Lipinski definition) is 4. The van der Waals surface area contributed by atoms with E-state index in [0.717, 1.165) is 32.4 Å². The topological polar surface area (TPSA) is 63.4 Å². The van der Waals surface area contributed by atoms with E-state index in [-0.39, 0.29) is 17.0 Å². The van der Waals surface area contributed by atoms with Crippen molar-refractivity contribution >= 4 is 28.0 Å². The summed E-state index contributed by atoms with van der Waals surface area (Å²) in [4.78, 5) is 31.8. The first-order valence-corrected chi connectivity index (χ1v) is 8.27. The maximum atomic E-state index is 12.8. The zero-order valence-corrected chi connectivity index (χ0v) is 13.5. The van der Waals surface area contributed by atoms with Gasteiger partial charge < -0.3 is 9.32 Å². The molecule has 1 aromatic carbocycles. The summed E-state index contributed by atoms with van der Waals surface area (Å²) in [5.74, 6) is -0.0471. The fourth-order valence-electron chi connectivity index (χ4n) is 3.30. The number of para-hydroxylation sites is 1. The number of piperidine rings is 1. The van der Waals surface area contributed by atoms with E-state index in [1.54, 1.807) is 31.2 Å². The summed E-state index contributed by atoms with van der Waals surface area (Å²) in [5, 5.41) is 0.867. The normalized spacial score (nSPS) is 15.1.